The zero-order valence-electron chi connectivity index (χ0n) is 11.1. The Morgan fingerprint density at radius 1 is 1.19 bits per heavy atom. The van der Waals surface area contributed by atoms with E-state index in [0.29, 0.717) is 11.4 Å². The van der Waals surface area contributed by atoms with Gasteiger partial charge < -0.3 is 10.6 Å². The molecule has 2 aromatic rings. The van der Waals surface area contributed by atoms with Crippen LogP contribution < -0.4 is 10.6 Å². The van der Waals surface area contributed by atoms with Crippen molar-refractivity contribution in [2.45, 2.75) is 0 Å². The first-order valence-corrected chi connectivity index (χ1v) is 6.83. The average molecular weight is 350 g/mol. The van der Waals surface area contributed by atoms with Crippen molar-refractivity contribution in [3.8, 4) is 0 Å². The second-order valence-electron chi connectivity index (χ2n) is 4.20. The van der Waals surface area contributed by atoms with Crippen molar-refractivity contribution in [1.29, 1.82) is 0 Å². The fraction of sp³-hybridized carbons (Fsp3) is 0.0714. The number of hydrogen-bond donors (Lipinski definition) is 2. The van der Waals surface area contributed by atoms with Gasteiger partial charge in [-0.1, -0.05) is 22.0 Å². The van der Waals surface area contributed by atoms with Crippen LogP contribution in [0.2, 0.25) is 0 Å². The van der Waals surface area contributed by atoms with Gasteiger partial charge in [0.1, 0.15) is 5.56 Å². The molecule has 2 rings (SSSR count). The Hall–Kier alpha value is -2.41. The second-order valence-corrected chi connectivity index (χ2v) is 5.12. The lowest BCUT2D eigenvalue weighted by Crippen LogP contribution is -2.14. The minimum Gasteiger partial charge on any atom is -0.388 e. The molecule has 0 bridgehead atoms. The van der Waals surface area contributed by atoms with Crippen LogP contribution >= 0.6 is 15.9 Å². The summed E-state index contributed by atoms with van der Waals surface area (Å²) < 4.78 is 0.804. The molecule has 6 nitrogen and oxygen atoms in total. The zero-order chi connectivity index (χ0) is 15.4. The summed E-state index contributed by atoms with van der Waals surface area (Å²) in [6, 6.07) is 11.3. The number of hydrogen-bond acceptors (Lipinski definition) is 4. The van der Waals surface area contributed by atoms with E-state index in [1.165, 1.54) is 12.1 Å². The molecule has 0 aromatic heterocycles. The number of benzene rings is 2. The molecule has 0 saturated carbocycles. The standard InChI is InChI=1S/C14H12BrN3O3/c1-16-10-5-6-13(18(20)21)12(8-10)14(19)17-11-4-2-3-9(15)7-11/h2-8,16H,1H3,(H,17,19). The number of amides is 1. The smallest absolute Gasteiger partial charge is 0.282 e. The van der Waals surface area contributed by atoms with Crippen molar-refractivity contribution in [3.05, 3.63) is 62.6 Å². The minimum absolute atomic E-state index is 0.00632. The second kappa shape index (κ2) is 6.36. The number of nitrogens with zero attached hydrogens (tertiary/aromatic N) is 1. The van der Waals surface area contributed by atoms with Crippen molar-refractivity contribution in [2.24, 2.45) is 0 Å². The molecule has 2 N–H and O–H groups in total. The van der Waals surface area contributed by atoms with Gasteiger partial charge in [0.25, 0.3) is 11.6 Å². The van der Waals surface area contributed by atoms with Crippen molar-refractivity contribution in [1.82, 2.24) is 0 Å². The van der Waals surface area contributed by atoms with E-state index in [-0.39, 0.29) is 11.3 Å². The van der Waals surface area contributed by atoms with Crippen LogP contribution in [0.5, 0.6) is 0 Å². The van der Waals surface area contributed by atoms with E-state index in [9.17, 15) is 14.9 Å². The first kappa shape index (κ1) is 15.0. The normalized spacial score (nSPS) is 10.0. The maximum atomic E-state index is 12.3. The van der Waals surface area contributed by atoms with E-state index in [4.69, 9.17) is 0 Å². The molecule has 0 atom stereocenters. The van der Waals surface area contributed by atoms with Crippen LogP contribution in [-0.4, -0.2) is 17.9 Å². The summed E-state index contributed by atoms with van der Waals surface area (Å²) in [6.45, 7) is 0. The molecule has 0 fully saturated rings. The van der Waals surface area contributed by atoms with Gasteiger partial charge in [0, 0.05) is 29.0 Å². The zero-order valence-corrected chi connectivity index (χ0v) is 12.7. The van der Waals surface area contributed by atoms with Gasteiger partial charge in [0.15, 0.2) is 0 Å². The average Bonchev–Trinajstić information content (AvgIpc) is 2.46. The fourth-order valence-corrected chi connectivity index (χ4v) is 2.20. The first-order chi connectivity index (χ1) is 10.0. The number of nitro groups is 1. The highest BCUT2D eigenvalue weighted by Gasteiger charge is 2.20. The highest BCUT2D eigenvalue weighted by Crippen LogP contribution is 2.24. The molecule has 0 radical (unpaired) electrons. The molecule has 108 valence electrons. The van der Waals surface area contributed by atoms with E-state index >= 15 is 0 Å². The Kier molecular flexibility index (Phi) is 4.54. The molecule has 0 aliphatic heterocycles. The van der Waals surface area contributed by atoms with E-state index < -0.39 is 10.8 Å². The Morgan fingerprint density at radius 3 is 2.57 bits per heavy atom. The third kappa shape index (κ3) is 3.57. The van der Waals surface area contributed by atoms with E-state index in [2.05, 4.69) is 26.6 Å². The van der Waals surface area contributed by atoms with Crippen molar-refractivity contribution < 1.29 is 9.72 Å². The van der Waals surface area contributed by atoms with Crippen LogP contribution in [0.1, 0.15) is 10.4 Å². The Balaban J connectivity index is 2.35. The number of rotatable bonds is 4. The quantitative estimate of drug-likeness (QED) is 0.651. The third-order valence-electron chi connectivity index (χ3n) is 2.81. The topological polar surface area (TPSA) is 84.3 Å². The van der Waals surface area contributed by atoms with Crippen molar-refractivity contribution in [2.75, 3.05) is 17.7 Å². The van der Waals surface area contributed by atoms with Gasteiger partial charge in [-0.2, -0.15) is 0 Å². The summed E-state index contributed by atoms with van der Waals surface area (Å²) in [6.07, 6.45) is 0. The van der Waals surface area contributed by atoms with Crippen molar-refractivity contribution >= 4 is 38.9 Å². The molecule has 0 aliphatic carbocycles. The predicted octanol–water partition coefficient (Wildman–Crippen LogP) is 3.65. The van der Waals surface area contributed by atoms with E-state index in [1.54, 1.807) is 31.3 Å². The monoisotopic (exact) mass is 349 g/mol. The molecule has 0 spiro atoms. The lowest BCUT2D eigenvalue weighted by molar-refractivity contribution is -0.385. The summed E-state index contributed by atoms with van der Waals surface area (Å²) in [7, 11) is 1.68. The Labute approximate surface area is 129 Å². The highest BCUT2D eigenvalue weighted by atomic mass is 79.9. The Bertz CT molecular complexity index is 704. The van der Waals surface area contributed by atoms with Gasteiger partial charge in [-0.3, -0.25) is 14.9 Å². The molecule has 0 aliphatic rings. The predicted molar refractivity (Wildman–Crippen MR) is 84.7 cm³/mol. The molecule has 7 heteroatoms. The summed E-state index contributed by atoms with van der Waals surface area (Å²) >= 11 is 3.30. The van der Waals surface area contributed by atoms with Gasteiger partial charge in [0.05, 0.1) is 4.92 Å². The molecule has 1 amide bonds. The van der Waals surface area contributed by atoms with Crippen LogP contribution in [-0.2, 0) is 0 Å². The summed E-state index contributed by atoms with van der Waals surface area (Å²) in [5.41, 5.74) is 0.951. The molecule has 0 heterocycles. The van der Waals surface area contributed by atoms with Gasteiger partial charge in [-0.15, -0.1) is 0 Å². The van der Waals surface area contributed by atoms with Crippen LogP contribution in [0, 0.1) is 10.1 Å². The van der Waals surface area contributed by atoms with Crippen LogP contribution in [0.4, 0.5) is 17.1 Å². The van der Waals surface area contributed by atoms with E-state index in [0.717, 1.165) is 4.47 Å². The van der Waals surface area contributed by atoms with Crippen molar-refractivity contribution in [3.63, 3.8) is 0 Å². The number of halogens is 1. The lowest BCUT2D eigenvalue weighted by Gasteiger charge is -2.08. The number of carbonyl (C=O) groups excluding carboxylic acids is 1. The van der Waals surface area contributed by atoms with E-state index in [1.807, 2.05) is 6.07 Å². The third-order valence-corrected chi connectivity index (χ3v) is 3.30. The molecule has 21 heavy (non-hydrogen) atoms. The summed E-state index contributed by atoms with van der Waals surface area (Å²) in [4.78, 5) is 22.7. The molecule has 2 aromatic carbocycles. The van der Waals surface area contributed by atoms with Crippen LogP contribution in [0.3, 0.4) is 0 Å². The molecular weight excluding hydrogens is 338 g/mol. The number of nitro benzene ring substituents is 1. The van der Waals surface area contributed by atoms with Gasteiger partial charge in [-0.25, -0.2) is 0 Å². The highest BCUT2D eigenvalue weighted by molar-refractivity contribution is 9.10. The molecule has 0 saturated heterocycles. The van der Waals surface area contributed by atoms with Crippen LogP contribution in [0.25, 0.3) is 0 Å². The van der Waals surface area contributed by atoms with Gasteiger partial charge in [0.2, 0.25) is 0 Å². The summed E-state index contributed by atoms with van der Waals surface area (Å²) in [5.74, 6) is -0.531. The SMILES string of the molecule is CNc1ccc([N+](=O)[O-])c(C(=O)Nc2cccc(Br)c2)c1. The minimum atomic E-state index is -0.574. The number of carbonyl (C=O) groups is 1. The van der Waals surface area contributed by atoms with Gasteiger partial charge in [-0.05, 0) is 30.3 Å². The first-order valence-electron chi connectivity index (χ1n) is 6.04. The van der Waals surface area contributed by atoms with Crippen LogP contribution in [0.15, 0.2) is 46.9 Å². The molecule has 0 unspecified atom stereocenters. The molecular formula is C14H12BrN3O3. The maximum absolute atomic E-state index is 12.3. The van der Waals surface area contributed by atoms with Gasteiger partial charge >= 0.3 is 0 Å². The maximum Gasteiger partial charge on any atom is 0.282 e. The number of anilines is 2. The largest absolute Gasteiger partial charge is 0.388 e. The lowest BCUT2D eigenvalue weighted by atomic mass is 10.1. The Morgan fingerprint density at radius 2 is 1.95 bits per heavy atom. The summed E-state index contributed by atoms with van der Waals surface area (Å²) in [5, 5.41) is 16.5. The number of nitrogens with one attached hydrogen (secondary N) is 2. The fourth-order valence-electron chi connectivity index (χ4n) is 1.80.